The predicted octanol–water partition coefficient (Wildman–Crippen LogP) is 6.66. The molecular weight excluding hydrogens is 411 g/mol. The highest BCUT2D eigenvalue weighted by molar-refractivity contribution is 9.10. The van der Waals surface area contributed by atoms with Crippen LogP contribution in [0.15, 0.2) is 34.8 Å². The van der Waals surface area contributed by atoms with Gasteiger partial charge in [-0.1, -0.05) is 22.0 Å². The normalized spacial score (nSPS) is 13.1. The highest BCUT2D eigenvalue weighted by Gasteiger charge is 2.17. The lowest BCUT2D eigenvalue weighted by Gasteiger charge is -2.03. The summed E-state index contributed by atoms with van der Waals surface area (Å²) < 4.78 is 15.4. The lowest BCUT2D eigenvalue weighted by atomic mass is 10.2. The van der Waals surface area contributed by atoms with Crippen LogP contribution in [0.5, 0.6) is 0 Å². The Hall–Kier alpha value is -0.230. The molecular formula is C14H9Br2FS2. The van der Waals surface area contributed by atoms with E-state index in [2.05, 4.69) is 50.9 Å². The highest BCUT2D eigenvalue weighted by atomic mass is 79.9. The number of alkyl halides is 1. The Labute approximate surface area is 135 Å². The van der Waals surface area contributed by atoms with Crippen molar-refractivity contribution in [2.45, 2.75) is 11.8 Å². The molecule has 0 N–H and O–H groups in total. The van der Waals surface area contributed by atoms with E-state index in [1.807, 2.05) is 6.07 Å². The summed E-state index contributed by atoms with van der Waals surface area (Å²) in [6.45, 7) is 2.10. The van der Waals surface area contributed by atoms with E-state index in [0.29, 0.717) is 0 Å². The van der Waals surface area contributed by atoms with Gasteiger partial charge in [0.1, 0.15) is 5.82 Å². The largest absolute Gasteiger partial charge is 0.207 e. The summed E-state index contributed by atoms with van der Waals surface area (Å²) in [6, 6.07) is 9.21. The van der Waals surface area contributed by atoms with E-state index in [0.717, 1.165) is 14.6 Å². The Morgan fingerprint density at radius 2 is 1.84 bits per heavy atom. The highest BCUT2D eigenvalue weighted by Crippen LogP contribution is 2.42. The van der Waals surface area contributed by atoms with Crippen LogP contribution in [0, 0.1) is 12.7 Å². The van der Waals surface area contributed by atoms with Crippen LogP contribution in [0.4, 0.5) is 4.39 Å². The van der Waals surface area contributed by atoms with Crippen LogP contribution in [0.1, 0.15) is 19.5 Å². The molecule has 1 unspecified atom stereocenters. The number of halogens is 3. The molecule has 3 rings (SSSR count). The van der Waals surface area contributed by atoms with Crippen molar-refractivity contribution in [2.24, 2.45) is 0 Å². The van der Waals surface area contributed by atoms with E-state index < -0.39 is 0 Å². The van der Waals surface area contributed by atoms with Gasteiger partial charge in [-0.05, 0) is 52.5 Å². The summed E-state index contributed by atoms with van der Waals surface area (Å²) in [6.07, 6.45) is 0. The van der Waals surface area contributed by atoms with Gasteiger partial charge in [0.15, 0.2) is 0 Å². The maximum absolute atomic E-state index is 13.2. The van der Waals surface area contributed by atoms with Crippen molar-refractivity contribution in [2.75, 3.05) is 0 Å². The van der Waals surface area contributed by atoms with Gasteiger partial charge >= 0.3 is 0 Å². The molecule has 2 aromatic heterocycles. The fourth-order valence-electron chi connectivity index (χ4n) is 1.90. The maximum atomic E-state index is 13.2. The summed E-state index contributed by atoms with van der Waals surface area (Å²) in [7, 11) is 0. The van der Waals surface area contributed by atoms with Gasteiger partial charge in [-0.2, -0.15) is 0 Å². The number of aryl methyl sites for hydroxylation is 1. The summed E-state index contributed by atoms with van der Waals surface area (Å²) in [5.74, 6) is -0.179. The number of rotatable bonds is 2. The van der Waals surface area contributed by atoms with Crippen molar-refractivity contribution < 1.29 is 4.39 Å². The average molecular weight is 420 g/mol. The summed E-state index contributed by atoms with van der Waals surface area (Å²) >= 11 is 10.7. The molecule has 0 aliphatic heterocycles. The third-order valence-electron chi connectivity index (χ3n) is 2.88. The average Bonchev–Trinajstić information content (AvgIpc) is 2.92. The van der Waals surface area contributed by atoms with Crippen LogP contribution in [0.2, 0.25) is 0 Å². The molecule has 98 valence electrons. The quantitative estimate of drug-likeness (QED) is 0.407. The van der Waals surface area contributed by atoms with Gasteiger partial charge in [0, 0.05) is 23.8 Å². The lowest BCUT2D eigenvalue weighted by molar-refractivity contribution is 0.630. The van der Waals surface area contributed by atoms with Crippen molar-refractivity contribution >= 4 is 64.6 Å². The van der Waals surface area contributed by atoms with Crippen LogP contribution in [-0.2, 0) is 0 Å². The Kier molecular flexibility index (Phi) is 3.82. The fourth-order valence-corrected chi connectivity index (χ4v) is 5.44. The van der Waals surface area contributed by atoms with E-state index >= 15 is 0 Å². The van der Waals surface area contributed by atoms with Crippen molar-refractivity contribution in [1.29, 1.82) is 0 Å². The minimum atomic E-state index is -0.179. The smallest absolute Gasteiger partial charge is 0.124 e. The monoisotopic (exact) mass is 418 g/mol. The molecule has 0 saturated carbocycles. The molecule has 2 heterocycles. The zero-order valence-electron chi connectivity index (χ0n) is 9.91. The molecule has 0 aliphatic carbocycles. The van der Waals surface area contributed by atoms with Crippen molar-refractivity contribution in [3.63, 3.8) is 0 Å². The third kappa shape index (κ3) is 2.66. The van der Waals surface area contributed by atoms with Crippen LogP contribution in [0.3, 0.4) is 0 Å². The second-order valence-corrected chi connectivity index (χ2v) is 8.42. The van der Waals surface area contributed by atoms with Crippen molar-refractivity contribution in [1.82, 2.24) is 0 Å². The second-order valence-electron chi connectivity index (χ2n) is 4.25. The van der Waals surface area contributed by atoms with Gasteiger partial charge < -0.3 is 0 Å². The summed E-state index contributed by atoms with van der Waals surface area (Å²) in [4.78, 5) is 3.90. The molecule has 3 aromatic rings. The topological polar surface area (TPSA) is 0 Å². The molecule has 1 atom stereocenters. The molecule has 0 nitrogen and oxygen atoms in total. The van der Waals surface area contributed by atoms with E-state index in [-0.39, 0.29) is 10.6 Å². The van der Waals surface area contributed by atoms with Gasteiger partial charge in [-0.15, -0.1) is 22.7 Å². The molecule has 0 radical (unpaired) electrons. The number of benzene rings is 1. The first-order chi connectivity index (χ1) is 9.04. The van der Waals surface area contributed by atoms with Gasteiger partial charge in [-0.3, -0.25) is 0 Å². The summed E-state index contributed by atoms with van der Waals surface area (Å²) in [5, 5.41) is 1.10. The maximum Gasteiger partial charge on any atom is 0.124 e. The molecule has 0 spiro atoms. The fraction of sp³-hybridized carbons (Fsp3) is 0.143. The molecule has 0 saturated heterocycles. The lowest BCUT2D eigenvalue weighted by Crippen LogP contribution is -1.83. The first-order valence-electron chi connectivity index (χ1n) is 5.63. The number of hydrogen-bond donors (Lipinski definition) is 0. The molecule has 0 fully saturated rings. The van der Waals surface area contributed by atoms with E-state index in [1.165, 1.54) is 20.7 Å². The van der Waals surface area contributed by atoms with E-state index in [1.54, 1.807) is 28.7 Å². The van der Waals surface area contributed by atoms with E-state index in [4.69, 9.17) is 0 Å². The van der Waals surface area contributed by atoms with Gasteiger partial charge in [-0.25, -0.2) is 4.39 Å². The minimum absolute atomic E-state index is 0.169. The van der Waals surface area contributed by atoms with E-state index in [9.17, 15) is 4.39 Å². The van der Waals surface area contributed by atoms with Crippen molar-refractivity contribution in [3.8, 4) is 0 Å². The molecule has 5 heteroatoms. The van der Waals surface area contributed by atoms with Gasteiger partial charge in [0.05, 0.1) is 4.83 Å². The molecule has 0 bridgehead atoms. The molecule has 0 aliphatic rings. The van der Waals surface area contributed by atoms with Crippen molar-refractivity contribution in [3.05, 3.63) is 55.3 Å². The Morgan fingerprint density at radius 1 is 1.11 bits per heavy atom. The zero-order chi connectivity index (χ0) is 13.6. The molecule has 19 heavy (non-hydrogen) atoms. The summed E-state index contributed by atoms with van der Waals surface area (Å²) in [5.41, 5.74) is 0. The Balaban J connectivity index is 2.03. The van der Waals surface area contributed by atoms with Crippen LogP contribution in [-0.4, -0.2) is 0 Å². The van der Waals surface area contributed by atoms with Crippen LogP contribution >= 0.6 is 54.5 Å². The standard InChI is InChI=1S/C14H9Br2FS2/c1-7-10(15)6-13(18-7)14(16)12-4-8-2-3-9(17)5-11(8)19-12/h2-6,14H,1H3. The number of fused-ring (bicyclic) bond motifs is 1. The molecule has 0 amide bonds. The predicted molar refractivity (Wildman–Crippen MR) is 89.3 cm³/mol. The van der Waals surface area contributed by atoms with Gasteiger partial charge in [0.25, 0.3) is 0 Å². The first kappa shape index (κ1) is 13.7. The SMILES string of the molecule is Cc1sc(C(Br)c2cc3ccc(F)cc3s2)cc1Br. The first-order valence-corrected chi connectivity index (χ1v) is 8.97. The molecule has 1 aromatic carbocycles. The Morgan fingerprint density at radius 3 is 2.53 bits per heavy atom. The van der Waals surface area contributed by atoms with Gasteiger partial charge in [0.2, 0.25) is 0 Å². The number of hydrogen-bond acceptors (Lipinski definition) is 2. The van der Waals surface area contributed by atoms with Crippen LogP contribution in [0.25, 0.3) is 10.1 Å². The third-order valence-corrected chi connectivity index (χ3v) is 7.83. The zero-order valence-corrected chi connectivity index (χ0v) is 14.7. The number of thiophene rings is 2. The van der Waals surface area contributed by atoms with Crippen LogP contribution < -0.4 is 0 Å². The minimum Gasteiger partial charge on any atom is -0.207 e. The Bertz CT molecular complexity index is 726. The second kappa shape index (κ2) is 5.28.